The summed E-state index contributed by atoms with van der Waals surface area (Å²) in [5.41, 5.74) is 0. The summed E-state index contributed by atoms with van der Waals surface area (Å²) in [7, 11) is 0. The number of rotatable bonds is 61. The van der Waals surface area contributed by atoms with Crippen LogP contribution in [0.2, 0.25) is 0 Å². The Kier molecular flexibility index (Phi) is 54.8. The van der Waals surface area contributed by atoms with Crippen LogP contribution in [-0.2, 0) is 23.7 Å². The van der Waals surface area contributed by atoms with Gasteiger partial charge in [-0.15, -0.1) is 0 Å². The third kappa shape index (κ3) is 42.2. The minimum atomic E-state index is -1.79. The van der Waals surface area contributed by atoms with Crippen LogP contribution < -0.4 is 5.32 Å². The quantitative estimate of drug-likeness (QED) is 0.0204. The van der Waals surface area contributed by atoms with E-state index in [9.17, 15) is 45.6 Å². The largest absolute Gasteiger partial charge is 0.394 e. The third-order valence-electron chi connectivity index (χ3n) is 18.0. The average Bonchev–Trinajstić information content (AvgIpc) is 1.93. The number of hydrogen-bond acceptors (Lipinski definition) is 13. The maximum Gasteiger partial charge on any atom is 0.220 e. The maximum atomic E-state index is 13.4. The molecule has 0 radical (unpaired) electrons. The molecule has 0 aromatic rings. The summed E-state index contributed by atoms with van der Waals surface area (Å²) in [5.74, 6) is -0.238. The van der Waals surface area contributed by atoms with E-state index in [-0.39, 0.29) is 18.9 Å². The van der Waals surface area contributed by atoms with E-state index in [0.29, 0.717) is 6.42 Å². The third-order valence-corrected chi connectivity index (χ3v) is 18.0. The summed E-state index contributed by atoms with van der Waals surface area (Å²) in [4.78, 5) is 13.4. The minimum absolute atomic E-state index is 0.238. The molecule has 1 amide bonds. The minimum Gasteiger partial charge on any atom is -0.394 e. The Labute approximate surface area is 537 Å². The summed E-state index contributed by atoms with van der Waals surface area (Å²) < 4.78 is 22.9. The van der Waals surface area contributed by atoms with Crippen LogP contribution in [0.15, 0.2) is 48.6 Å². The van der Waals surface area contributed by atoms with E-state index in [4.69, 9.17) is 18.9 Å². The Morgan fingerprint density at radius 3 is 1.15 bits per heavy atom. The molecular formula is C74H137NO13. The van der Waals surface area contributed by atoms with Gasteiger partial charge in [-0.3, -0.25) is 4.79 Å². The van der Waals surface area contributed by atoms with E-state index in [1.807, 2.05) is 6.08 Å². The fourth-order valence-corrected chi connectivity index (χ4v) is 12.1. The van der Waals surface area contributed by atoms with Crippen LogP contribution >= 0.6 is 0 Å². The Bertz CT molecular complexity index is 1660. The predicted molar refractivity (Wildman–Crippen MR) is 360 cm³/mol. The second-order valence-corrected chi connectivity index (χ2v) is 26.1. The number of nitrogens with one attached hydrogen (secondary N) is 1. The molecule has 0 spiro atoms. The van der Waals surface area contributed by atoms with Crippen molar-refractivity contribution in [3.8, 4) is 0 Å². The van der Waals surface area contributed by atoms with Crippen LogP contribution in [0, 0.1) is 0 Å². The molecule has 0 aromatic heterocycles. The molecule has 2 rings (SSSR count). The summed E-state index contributed by atoms with van der Waals surface area (Å²) >= 11 is 0. The van der Waals surface area contributed by atoms with Gasteiger partial charge in [0, 0.05) is 6.42 Å². The van der Waals surface area contributed by atoms with Gasteiger partial charge < -0.3 is 65.1 Å². The topological polar surface area (TPSA) is 228 Å². The summed E-state index contributed by atoms with van der Waals surface area (Å²) in [6, 6.07) is -0.918. The van der Waals surface area contributed by atoms with Crippen LogP contribution in [0.4, 0.5) is 0 Å². The molecule has 2 heterocycles. The van der Waals surface area contributed by atoms with E-state index >= 15 is 0 Å². The van der Waals surface area contributed by atoms with Crippen LogP contribution in [0.3, 0.4) is 0 Å². The van der Waals surface area contributed by atoms with Crippen molar-refractivity contribution in [2.75, 3.05) is 19.8 Å². The first kappa shape index (κ1) is 82.0. The van der Waals surface area contributed by atoms with E-state index in [2.05, 4.69) is 55.6 Å². The van der Waals surface area contributed by atoms with Crippen molar-refractivity contribution in [2.45, 2.75) is 396 Å². The number of carbonyl (C=O) groups is 1. The number of hydrogen-bond donors (Lipinski definition) is 9. The molecule has 2 aliphatic heterocycles. The average molecular weight is 1250 g/mol. The molecule has 2 fully saturated rings. The van der Waals surface area contributed by atoms with E-state index < -0.39 is 86.8 Å². The first-order valence-corrected chi connectivity index (χ1v) is 36.9. The zero-order chi connectivity index (χ0) is 63.8. The molecule has 12 unspecified atom stereocenters. The summed E-state index contributed by atoms with van der Waals surface area (Å²) in [5, 5.41) is 87.5. The van der Waals surface area contributed by atoms with Crippen molar-refractivity contribution in [2.24, 2.45) is 0 Å². The van der Waals surface area contributed by atoms with Gasteiger partial charge in [-0.05, 0) is 57.8 Å². The Morgan fingerprint density at radius 1 is 0.409 bits per heavy atom. The van der Waals surface area contributed by atoms with Gasteiger partial charge in [-0.25, -0.2) is 0 Å². The molecule has 0 bridgehead atoms. The van der Waals surface area contributed by atoms with Crippen molar-refractivity contribution in [3.05, 3.63) is 48.6 Å². The molecule has 2 saturated heterocycles. The second kappa shape index (κ2) is 58.7. The number of aliphatic hydroxyl groups is 8. The standard InChI is InChI=1S/C74H137NO13/c1-3-5-7-9-11-13-15-17-19-21-23-25-27-29-31-33-35-37-39-41-43-45-47-49-51-53-55-57-63(78)62(61-85-73-71(84)69(82)72(65(60-77)87-73)88-74-70(83)68(81)67(80)64(59-76)86-74)75-66(79)58-56-54-52-50-48-46-44-42-40-38-36-34-32-30-28-26-24-22-20-18-16-14-12-10-8-6-4-2/h16,18,22,24,28,30,55,57,62-65,67-74,76-78,80-84H,3-15,17,19-21,23,25-27,29,31-54,56,58-61H2,1-2H3,(H,75,79)/b18-16-,24-22-,30-28-,57-55+. The number of amides is 1. The molecule has 516 valence electrons. The fraction of sp³-hybridized carbons (Fsp3) is 0.878. The Morgan fingerprint density at radius 2 is 0.750 bits per heavy atom. The molecule has 88 heavy (non-hydrogen) atoms. The van der Waals surface area contributed by atoms with E-state index in [1.54, 1.807) is 6.08 Å². The first-order valence-electron chi connectivity index (χ1n) is 36.9. The molecule has 2 aliphatic rings. The van der Waals surface area contributed by atoms with Crippen LogP contribution in [-0.4, -0.2) is 140 Å². The van der Waals surface area contributed by atoms with Crippen LogP contribution in [0.25, 0.3) is 0 Å². The molecule has 14 nitrogen and oxygen atoms in total. The maximum absolute atomic E-state index is 13.4. The van der Waals surface area contributed by atoms with Crippen molar-refractivity contribution >= 4 is 5.91 Å². The highest BCUT2D eigenvalue weighted by atomic mass is 16.7. The highest BCUT2D eigenvalue weighted by Gasteiger charge is 2.51. The van der Waals surface area contributed by atoms with Gasteiger partial charge in [0.25, 0.3) is 0 Å². The SMILES string of the molecule is CCCCCCC/C=C\C/C=C\C/C=C\CCCCCCCCCCCCCCC(=O)NC(COC1OC(CO)C(OC2OC(CO)C(O)C(O)C2O)C(O)C1O)C(O)/C=C/CCCCCCCCCCCCCCCCCCCCCCCCCCC. The lowest BCUT2D eigenvalue weighted by molar-refractivity contribution is -0.359. The monoisotopic (exact) mass is 1250 g/mol. The molecule has 0 aromatic carbocycles. The van der Waals surface area contributed by atoms with Crippen LogP contribution in [0.5, 0.6) is 0 Å². The van der Waals surface area contributed by atoms with Crippen LogP contribution in [0.1, 0.15) is 322 Å². The zero-order valence-corrected chi connectivity index (χ0v) is 56.2. The molecule has 9 N–H and O–H groups in total. The van der Waals surface area contributed by atoms with Crippen molar-refractivity contribution in [1.29, 1.82) is 0 Å². The lowest BCUT2D eigenvalue weighted by Gasteiger charge is -2.46. The smallest absolute Gasteiger partial charge is 0.220 e. The van der Waals surface area contributed by atoms with Gasteiger partial charge in [0.2, 0.25) is 5.91 Å². The highest BCUT2D eigenvalue weighted by molar-refractivity contribution is 5.76. The second-order valence-electron chi connectivity index (χ2n) is 26.1. The highest BCUT2D eigenvalue weighted by Crippen LogP contribution is 2.30. The fourth-order valence-electron chi connectivity index (χ4n) is 12.1. The molecule has 0 aliphatic carbocycles. The molecule has 14 heteroatoms. The Hall–Kier alpha value is -2.05. The molecule has 0 saturated carbocycles. The van der Waals surface area contributed by atoms with Crippen molar-refractivity contribution in [1.82, 2.24) is 5.32 Å². The van der Waals surface area contributed by atoms with Crippen molar-refractivity contribution < 1.29 is 64.6 Å². The van der Waals surface area contributed by atoms with Gasteiger partial charge in [-0.2, -0.15) is 0 Å². The predicted octanol–water partition coefficient (Wildman–Crippen LogP) is 15.5. The lowest BCUT2D eigenvalue weighted by atomic mass is 9.97. The number of aliphatic hydroxyl groups excluding tert-OH is 8. The first-order chi connectivity index (χ1) is 43.1. The number of unbranched alkanes of at least 4 members (excludes halogenated alkanes) is 42. The van der Waals surface area contributed by atoms with Gasteiger partial charge in [0.1, 0.15) is 48.8 Å². The Balaban J connectivity index is 1.67. The number of allylic oxidation sites excluding steroid dienone is 7. The van der Waals surface area contributed by atoms with Gasteiger partial charge in [-0.1, -0.05) is 306 Å². The number of carbonyl (C=O) groups excluding carboxylic acids is 1. The number of ether oxygens (including phenoxy) is 4. The van der Waals surface area contributed by atoms with Gasteiger partial charge >= 0.3 is 0 Å². The normalized spacial score (nSPS) is 23.4. The lowest BCUT2D eigenvalue weighted by Crippen LogP contribution is -2.65. The molecular weight excluding hydrogens is 1110 g/mol. The van der Waals surface area contributed by atoms with Crippen molar-refractivity contribution in [3.63, 3.8) is 0 Å². The summed E-state index contributed by atoms with van der Waals surface area (Å²) in [6.45, 7) is 2.83. The van der Waals surface area contributed by atoms with Gasteiger partial charge in [0.05, 0.1) is 32.0 Å². The molecule has 12 atom stereocenters. The zero-order valence-electron chi connectivity index (χ0n) is 56.2. The van der Waals surface area contributed by atoms with E-state index in [0.717, 1.165) is 51.4 Å². The van der Waals surface area contributed by atoms with E-state index in [1.165, 1.54) is 244 Å². The van der Waals surface area contributed by atoms with Gasteiger partial charge in [0.15, 0.2) is 12.6 Å². The summed E-state index contributed by atoms with van der Waals surface area (Å²) in [6.07, 6.45) is 60.2.